The lowest BCUT2D eigenvalue weighted by atomic mass is 10.1. The first-order chi connectivity index (χ1) is 17.5. The second-order valence-corrected chi connectivity index (χ2v) is 8.44. The number of nitrogens with zero attached hydrogens (tertiary/aromatic N) is 1. The van der Waals surface area contributed by atoms with Crippen LogP contribution in [0, 0.1) is 25.2 Å². The highest BCUT2D eigenvalue weighted by Gasteiger charge is 2.30. The van der Waals surface area contributed by atoms with Gasteiger partial charge in [-0.2, -0.15) is 18.4 Å². The molecule has 0 unspecified atom stereocenters. The van der Waals surface area contributed by atoms with Crippen LogP contribution in [0.2, 0.25) is 5.02 Å². The molecule has 0 heterocycles. The Kier molecular flexibility index (Phi) is 8.58. The van der Waals surface area contributed by atoms with E-state index in [2.05, 4.69) is 10.6 Å². The van der Waals surface area contributed by atoms with Crippen molar-refractivity contribution in [3.8, 4) is 11.8 Å². The number of hydrogen-bond acceptors (Lipinski definition) is 4. The number of hydrogen-bond donors (Lipinski definition) is 2. The third-order valence-electron chi connectivity index (χ3n) is 5.23. The van der Waals surface area contributed by atoms with Crippen LogP contribution in [0.3, 0.4) is 0 Å². The van der Waals surface area contributed by atoms with Crippen molar-refractivity contribution in [2.24, 2.45) is 0 Å². The first-order valence-electron chi connectivity index (χ1n) is 10.9. The number of anilines is 2. The number of nitriles is 1. The topological polar surface area (TPSA) is 91.2 Å². The zero-order valence-corrected chi connectivity index (χ0v) is 20.5. The summed E-state index contributed by atoms with van der Waals surface area (Å²) in [4.78, 5) is 24.7. The van der Waals surface area contributed by atoms with Crippen LogP contribution in [0.25, 0.3) is 6.08 Å². The van der Waals surface area contributed by atoms with Gasteiger partial charge in [0.05, 0.1) is 10.6 Å². The Bertz CT molecular complexity index is 1410. The molecule has 0 aliphatic carbocycles. The van der Waals surface area contributed by atoms with Gasteiger partial charge < -0.3 is 15.4 Å². The highest BCUT2D eigenvalue weighted by Crippen LogP contribution is 2.31. The molecule has 2 N–H and O–H groups in total. The van der Waals surface area contributed by atoms with E-state index in [1.54, 1.807) is 12.1 Å². The Morgan fingerprint density at radius 3 is 2.38 bits per heavy atom. The number of alkyl halides is 3. The smallest absolute Gasteiger partial charge is 0.416 e. The monoisotopic (exact) mass is 527 g/mol. The number of halogens is 4. The van der Waals surface area contributed by atoms with Crippen LogP contribution < -0.4 is 15.4 Å². The molecule has 0 radical (unpaired) electrons. The van der Waals surface area contributed by atoms with E-state index < -0.39 is 17.6 Å². The van der Waals surface area contributed by atoms with Crippen molar-refractivity contribution in [1.29, 1.82) is 5.26 Å². The fourth-order valence-corrected chi connectivity index (χ4v) is 3.41. The predicted molar refractivity (Wildman–Crippen MR) is 135 cm³/mol. The quantitative estimate of drug-likeness (QED) is 0.269. The molecule has 0 spiro atoms. The predicted octanol–water partition coefficient (Wildman–Crippen LogP) is 6.54. The van der Waals surface area contributed by atoms with Gasteiger partial charge in [0.15, 0.2) is 6.61 Å². The Morgan fingerprint density at radius 2 is 1.73 bits per heavy atom. The standard InChI is InChI=1S/C27H21ClF3N3O3/c1-16-6-8-22(10-17(16)2)33-25(35)15-37-24-9-7-18(12-23(24)28)11-19(14-32)26(36)34-21-5-3-4-20(13-21)27(29,30)31/h3-13H,15H2,1-2H3,(H,33,35)(H,34,36)/b19-11+. The molecular formula is C27H21ClF3N3O3. The largest absolute Gasteiger partial charge is 0.482 e. The maximum atomic E-state index is 12.9. The molecule has 0 fully saturated rings. The minimum Gasteiger partial charge on any atom is -0.482 e. The van der Waals surface area contributed by atoms with Gasteiger partial charge in [-0.05, 0) is 79.1 Å². The van der Waals surface area contributed by atoms with Gasteiger partial charge in [-0.25, -0.2) is 0 Å². The number of ether oxygens (including phenoxy) is 1. The molecule has 2 amide bonds. The maximum absolute atomic E-state index is 12.9. The molecule has 37 heavy (non-hydrogen) atoms. The van der Waals surface area contributed by atoms with Gasteiger partial charge in [0.25, 0.3) is 11.8 Å². The van der Waals surface area contributed by atoms with Crippen molar-refractivity contribution in [3.63, 3.8) is 0 Å². The lowest BCUT2D eigenvalue weighted by molar-refractivity contribution is -0.137. The van der Waals surface area contributed by atoms with E-state index in [4.69, 9.17) is 16.3 Å². The zero-order chi connectivity index (χ0) is 27.2. The minimum absolute atomic E-state index is 0.109. The van der Waals surface area contributed by atoms with Crippen molar-refractivity contribution in [2.45, 2.75) is 20.0 Å². The van der Waals surface area contributed by atoms with Crippen molar-refractivity contribution in [3.05, 3.63) is 93.5 Å². The fourth-order valence-electron chi connectivity index (χ4n) is 3.17. The van der Waals surface area contributed by atoms with E-state index in [1.807, 2.05) is 26.0 Å². The Hall–Kier alpha value is -4.29. The third-order valence-corrected chi connectivity index (χ3v) is 5.52. The lowest BCUT2D eigenvalue weighted by Gasteiger charge is -2.11. The number of nitrogens with one attached hydrogen (secondary N) is 2. The summed E-state index contributed by atoms with van der Waals surface area (Å²) in [5.74, 6) is -1.07. The summed E-state index contributed by atoms with van der Waals surface area (Å²) in [5.41, 5.74) is 1.74. The first kappa shape index (κ1) is 27.3. The molecule has 0 aliphatic heterocycles. The molecule has 3 aromatic rings. The van der Waals surface area contributed by atoms with Crippen LogP contribution in [-0.4, -0.2) is 18.4 Å². The second kappa shape index (κ2) is 11.6. The highest BCUT2D eigenvalue weighted by molar-refractivity contribution is 6.32. The van der Waals surface area contributed by atoms with E-state index in [0.29, 0.717) is 11.3 Å². The van der Waals surface area contributed by atoms with E-state index in [-0.39, 0.29) is 34.5 Å². The summed E-state index contributed by atoms with van der Waals surface area (Å²) in [6, 6.07) is 15.7. The Balaban J connectivity index is 1.65. The van der Waals surface area contributed by atoms with E-state index in [0.717, 1.165) is 29.3 Å². The molecule has 0 aromatic heterocycles. The van der Waals surface area contributed by atoms with E-state index >= 15 is 0 Å². The van der Waals surface area contributed by atoms with Crippen LogP contribution in [-0.2, 0) is 15.8 Å². The van der Waals surface area contributed by atoms with Gasteiger partial charge in [-0.3, -0.25) is 9.59 Å². The summed E-state index contributed by atoms with van der Waals surface area (Å²) in [5, 5.41) is 14.5. The van der Waals surface area contributed by atoms with E-state index in [1.165, 1.54) is 30.3 Å². The van der Waals surface area contributed by atoms with Gasteiger partial charge in [-0.1, -0.05) is 29.8 Å². The number of carbonyl (C=O) groups excluding carboxylic acids is 2. The van der Waals surface area contributed by atoms with Crippen LogP contribution in [0.5, 0.6) is 5.75 Å². The number of rotatable bonds is 7. The van der Waals surface area contributed by atoms with Crippen molar-refractivity contribution < 1.29 is 27.5 Å². The first-order valence-corrected chi connectivity index (χ1v) is 11.2. The molecule has 0 bridgehead atoms. The molecule has 0 saturated heterocycles. The molecule has 3 rings (SSSR count). The molecule has 0 aliphatic rings. The molecule has 6 nitrogen and oxygen atoms in total. The average molecular weight is 528 g/mol. The molecule has 3 aromatic carbocycles. The summed E-state index contributed by atoms with van der Waals surface area (Å²) in [6.45, 7) is 3.60. The summed E-state index contributed by atoms with van der Waals surface area (Å²) < 4.78 is 44.1. The molecule has 10 heteroatoms. The van der Waals surface area contributed by atoms with Crippen LogP contribution in [0.4, 0.5) is 24.5 Å². The van der Waals surface area contributed by atoms with Crippen molar-refractivity contribution in [2.75, 3.05) is 17.2 Å². The number of benzene rings is 3. The molecule has 0 atom stereocenters. The average Bonchev–Trinajstić information content (AvgIpc) is 2.84. The van der Waals surface area contributed by atoms with Gasteiger partial charge >= 0.3 is 6.18 Å². The number of carbonyl (C=O) groups is 2. The fraction of sp³-hybridized carbons (Fsp3) is 0.148. The highest BCUT2D eigenvalue weighted by atomic mass is 35.5. The van der Waals surface area contributed by atoms with Gasteiger partial charge in [0, 0.05) is 11.4 Å². The Labute approximate surface area is 216 Å². The maximum Gasteiger partial charge on any atom is 0.416 e. The molecule has 190 valence electrons. The Morgan fingerprint density at radius 1 is 1.00 bits per heavy atom. The minimum atomic E-state index is -4.57. The van der Waals surface area contributed by atoms with Gasteiger partial charge in [-0.15, -0.1) is 0 Å². The lowest BCUT2D eigenvalue weighted by Crippen LogP contribution is -2.20. The third kappa shape index (κ3) is 7.59. The SMILES string of the molecule is Cc1ccc(NC(=O)COc2ccc(/C=C(\C#N)C(=O)Nc3cccc(C(F)(F)F)c3)cc2Cl)cc1C. The van der Waals surface area contributed by atoms with Gasteiger partial charge in [0.2, 0.25) is 0 Å². The zero-order valence-electron chi connectivity index (χ0n) is 19.7. The molecule has 0 saturated carbocycles. The number of amides is 2. The molecular weight excluding hydrogens is 507 g/mol. The summed E-state index contributed by atoms with van der Waals surface area (Å²) in [7, 11) is 0. The van der Waals surface area contributed by atoms with Crippen molar-refractivity contribution >= 4 is 40.9 Å². The van der Waals surface area contributed by atoms with Crippen molar-refractivity contribution in [1.82, 2.24) is 0 Å². The van der Waals surface area contributed by atoms with Crippen LogP contribution in [0.1, 0.15) is 22.3 Å². The summed E-state index contributed by atoms with van der Waals surface area (Å²) >= 11 is 6.23. The van der Waals surface area contributed by atoms with Crippen LogP contribution >= 0.6 is 11.6 Å². The second-order valence-electron chi connectivity index (χ2n) is 8.03. The summed E-state index contributed by atoms with van der Waals surface area (Å²) in [6.07, 6.45) is -3.35. The van der Waals surface area contributed by atoms with E-state index in [9.17, 15) is 28.0 Å². The normalized spacial score (nSPS) is 11.4. The van der Waals surface area contributed by atoms with Gasteiger partial charge in [0.1, 0.15) is 17.4 Å². The number of aryl methyl sites for hydroxylation is 2. The van der Waals surface area contributed by atoms with Crippen LogP contribution in [0.15, 0.2) is 66.2 Å².